The van der Waals surface area contributed by atoms with E-state index in [9.17, 15) is 23.2 Å². The van der Waals surface area contributed by atoms with Gasteiger partial charge in [-0.3, -0.25) is 4.79 Å². The number of carbonyl (C=O) groups is 1. The molecule has 10 heteroatoms. The van der Waals surface area contributed by atoms with Gasteiger partial charge < -0.3 is 10.6 Å². The topological polar surface area (TPSA) is 82.7 Å². The van der Waals surface area contributed by atoms with E-state index < -0.39 is 11.7 Å². The molecule has 6 nitrogen and oxygen atoms in total. The first-order valence-corrected chi connectivity index (χ1v) is 10.5. The van der Waals surface area contributed by atoms with Gasteiger partial charge in [0.2, 0.25) is 5.91 Å². The summed E-state index contributed by atoms with van der Waals surface area (Å²) in [5, 5.41) is 18.8. The van der Waals surface area contributed by atoms with E-state index >= 15 is 0 Å². The summed E-state index contributed by atoms with van der Waals surface area (Å²) in [5.74, 6) is -0.0809. The van der Waals surface area contributed by atoms with Crippen molar-refractivity contribution in [1.82, 2.24) is 15.1 Å². The number of nitrogens with one attached hydrogen (secondary N) is 2. The van der Waals surface area contributed by atoms with Gasteiger partial charge in [-0.25, -0.2) is 4.68 Å². The Morgan fingerprint density at radius 2 is 1.94 bits per heavy atom. The second-order valence-electron chi connectivity index (χ2n) is 7.07. The average Bonchev–Trinajstić information content (AvgIpc) is 3.13. The number of hydrogen-bond acceptors (Lipinski definition) is 4. The van der Waals surface area contributed by atoms with Gasteiger partial charge in [0.1, 0.15) is 17.5 Å². The summed E-state index contributed by atoms with van der Waals surface area (Å²) in [6, 6.07) is 4.78. The quantitative estimate of drug-likeness (QED) is 0.450. The van der Waals surface area contributed by atoms with E-state index in [2.05, 4.69) is 22.7 Å². The molecule has 0 unspecified atom stereocenters. The lowest BCUT2D eigenvalue weighted by Gasteiger charge is -2.13. The number of aromatic nitrogens is 2. The molecule has 0 radical (unpaired) electrons. The monoisotopic (exact) mass is 455 g/mol. The third kappa shape index (κ3) is 7.17. The molecule has 0 atom stereocenters. The van der Waals surface area contributed by atoms with Crippen LogP contribution in [0.5, 0.6) is 0 Å². The molecule has 0 saturated heterocycles. The van der Waals surface area contributed by atoms with Gasteiger partial charge in [0.05, 0.1) is 29.0 Å². The number of rotatable bonds is 11. The van der Waals surface area contributed by atoms with Crippen molar-refractivity contribution < 1.29 is 18.0 Å². The Balaban J connectivity index is 2.00. The van der Waals surface area contributed by atoms with E-state index in [-0.39, 0.29) is 34.5 Å². The second-order valence-corrected chi connectivity index (χ2v) is 7.47. The number of carbonyl (C=O) groups excluding carboxylic acids is 1. The van der Waals surface area contributed by atoms with Crippen LogP contribution in [0.25, 0.3) is 5.69 Å². The molecule has 0 spiro atoms. The van der Waals surface area contributed by atoms with Crippen LogP contribution in [-0.4, -0.2) is 28.8 Å². The molecule has 0 aliphatic rings. The summed E-state index contributed by atoms with van der Waals surface area (Å²) >= 11 is 6.04. The van der Waals surface area contributed by atoms with E-state index in [4.69, 9.17) is 11.6 Å². The van der Waals surface area contributed by atoms with E-state index in [1.54, 1.807) is 0 Å². The van der Waals surface area contributed by atoms with Crippen molar-refractivity contribution in [3.05, 3.63) is 40.5 Å². The van der Waals surface area contributed by atoms with Crippen molar-refractivity contribution in [3.63, 3.8) is 0 Å². The lowest BCUT2D eigenvalue weighted by molar-refractivity contribution is -0.137. The van der Waals surface area contributed by atoms with Crippen LogP contribution in [0.3, 0.4) is 0 Å². The third-order valence-electron chi connectivity index (χ3n) is 4.66. The van der Waals surface area contributed by atoms with Crippen molar-refractivity contribution >= 4 is 23.3 Å². The summed E-state index contributed by atoms with van der Waals surface area (Å²) in [7, 11) is 0. The molecular formula is C21H25ClF3N5O. The minimum absolute atomic E-state index is 0.117. The molecule has 1 aromatic carbocycles. The molecule has 1 heterocycles. The number of unbranched alkanes of at least 4 members (excludes halogenated alkanes) is 5. The molecule has 1 amide bonds. The van der Waals surface area contributed by atoms with Crippen LogP contribution in [0.1, 0.15) is 56.6 Å². The molecule has 0 aliphatic carbocycles. The Morgan fingerprint density at radius 3 is 2.58 bits per heavy atom. The van der Waals surface area contributed by atoms with Gasteiger partial charge >= 0.3 is 6.18 Å². The Hall–Kier alpha value is -2.73. The average molecular weight is 456 g/mol. The Labute approximate surface area is 184 Å². The predicted octanol–water partition coefficient (Wildman–Crippen LogP) is 5.30. The summed E-state index contributed by atoms with van der Waals surface area (Å²) in [6.07, 6.45) is 3.39. The maximum absolute atomic E-state index is 12.9. The molecule has 31 heavy (non-hydrogen) atoms. The third-order valence-corrected chi connectivity index (χ3v) is 4.96. The number of hydrogen-bond donors (Lipinski definition) is 2. The first kappa shape index (κ1) is 24.5. The highest BCUT2D eigenvalue weighted by Crippen LogP contribution is 2.34. The van der Waals surface area contributed by atoms with Crippen molar-refractivity contribution in [1.29, 1.82) is 5.26 Å². The van der Waals surface area contributed by atoms with Crippen LogP contribution in [-0.2, 0) is 11.0 Å². The van der Waals surface area contributed by atoms with E-state index in [1.165, 1.54) is 36.2 Å². The zero-order chi connectivity index (χ0) is 22.9. The first-order chi connectivity index (χ1) is 14.8. The van der Waals surface area contributed by atoms with Gasteiger partial charge in [0.25, 0.3) is 0 Å². The molecule has 1 aromatic heterocycles. The number of benzene rings is 1. The fourth-order valence-electron chi connectivity index (χ4n) is 3.00. The van der Waals surface area contributed by atoms with Crippen molar-refractivity contribution in [2.45, 2.75) is 51.6 Å². The summed E-state index contributed by atoms with van der Waals surface area (Å²) in [4.78, 5) is 12.1. The molecule has 2 aromatic rings. The number of nitrogens with zero attached hydrogens (tertiary/aromatic N) is 3. The number of alkyl halides is 3. The summed E-state index contributed by atoms with van der Waals surface area (Å²) < 4.78 is 39.8. The van der Waals surface area contributed by atoms with Gasteiger partial charge in [-0.05, 0) is 24.6 Å². The number of anilines is 1. The fraction of sp³-hybridized carbons (Fsp3) is 0.476. The van der Waals surface area contributed by atoms with E-state index in [0.29, 0.717) is 6.54 Å². The van der Waals surface area contributed by atoms with Gasteiger partial charge in [-0.1, -0.05) is 50.6 Å². The van der Waals surface area contributed by atoms with Crippen LogP contribution in [0, 0.1) is 11.3 Å². The maximum Gasteiger partial charge on any atom is 0.416 e. The van der Waals surface area contributed by atoms with Gasteiger partial charge in [0.15, 0.2) is 0 Å². The SMILES string of the molecule is CCCCCCCCNC(=O)CNc1c(C#N)cnn1-c1ccc(C(F)(F)F)cc1Cl. The standard InChI is InChI=1S/C21H25ClF3N5O/c1-2-3-4-5-6-7-10-27-19(31)14-28-20-15(12-26)13-29-30(20)18-9-8-16(11-17(18)22)21(23,24)25/h8-9,11,13,28H,2-7,10,14H2,1H3,(H,27,31). The highest BCUT2D eigenvalue weighted by molar-refractivity contribution is 6.32. The van der Waals surface area contributed by atoms with Crippen LogP contribution < -0.4 is 10.6 Å². The van der Waals surface area contributed by atoms with Crippen LogP contribution in [0.4, 0.5) is 19.0 Å². The number of amides is 1. The number of halogens is 4. The molecule has 168 valence electrons. The van der Waals surface area contributed by atoms with Gasteiger partial charge in [-0.2, -0.15) is 23.5 Å². The van der Waals surface area contributed by atoms with Crippen molar-refractivity contribution in [3.8, 4) is 11.8 Å². The molecular weight excluding hydrogens is 431 g/mol. The number of nitriles is 1. The Kier molecular flexibility index (Phi) is 9.19. The maximum atomic E-state index is 12.9. The normalized spacial score (nSPS) is 11.2. The van der Waals surface area contributed by atoms with Crippen LogP contribution >= 0.6 is 11.6 Å². The van der Waals surface area contributed by atoms with Crippen LogP contribution in [0.15, 0.2) is 24.4 Å². The van der Waals surface area contributed by atoms with E-state index in [0.717, 1.165) is 31.4 Å². The smallest absolute Gasteiger partial charge is 0.360 e. The zero-order valence-electron chi connectivity index (χ0n) is 17.2. The summed E-state index contributed by atoms with van der Waals surface area (Å²) in [5.41, 5.74) is -0.594. The van der Waals surface area contributed by atoms with Gasteiger partial charge in [0, 0.05) is 6.54 Å². The molecule has 0 bridgehead atoms. The molecule has 0 fully saturated rings. The Bertz CT molecular complexity index is 921. The second kappa shape index (κ2) is 11.6. The molecule has 2 rings (SSSR count). The Morgan fingerprint density at radius 1 is 1.23 bits per heavy atom. The lowest BCUT2D eigenvalue weighted by Crippen LogP contribution is -2.31. The minimum atomic E-state index is -4.53. The molecule has 0 aliphatic heterocycles. The van der Waals surface area contributed by atoms with E-state index in [1.807, 2.05) is 6.07 Å². The highest BCUT2D eigenvalue weighted by Gasteiger charge is 2.31. The fourth-order valence-corrected chi connectivity index (χ4v) is 3.26. The highest BCUT2D eigenvalue weighted by atomic mass is 35.5. The lowest BCUT2D eigenvalue weighted by atomic mass is 10.1. The minimum Gasteiger partial charge on any atom is -0.360 e. The molecule has 0 saturated carbocycles. The predicted molar refractivity (Wildman–Crippen MR) is 113 cm³/mol. The zero-order valence-corrected chi connectivity index (χ0v) is 18.0. The van der Waals surface area contributed by atoms with Gasteiger partial charge in [-0.15, -0.1) is 0 Å². The van der Waals surface area contributed by atoms with Crippen LogP contribution in [0.2, 0.25) is 5.02 Å². The molecule has 2 N–H and O–H groups in total. The van der Waals surface area contributed by atoms with Crippen molar-refractivity contribution in [2.75, 3.05) is 18.4 Å². The summed E-state index contributed by atoms with van der Waals surface area (Å²) in [6.45, 7) is 2.60. The first-order valence-electron chi connectivity index (χ1n) is 10.1. The van der Waals surface area contributed by atoms with Crippen molar-refractivity contribution in [2.24, 2.45) is 0 Å². The largest absolute Gasteiger partial charge is 0.416 e.